The zero-order valence-corrected chi connectivity index (χ0v) is 12.8. The number of ether oxygens (including phenoxy) is 1. The lowest BCUT2D eigenvalue weighted by Gasteiger charge is -2.38. The summed E-state index contributed by atoms with van der Waals surface area (Å²) in [7, 11) is 1.68. The van der Waals surface area contributed by atoms with E-state index in [1.165, 1.54) is 0 Å². The van der Waals surface area contributed by atoms with Crippen molar-refractivity contribution in [3.63, 3.8) is 0 Å². The SMILES string of the molecule is COC1CCN(C(=O)c2cccc(Cl)c2Cl)C(CN)C1. The minimum atomic E-state index is -0.123. The third-order valence-corrected chi connectivity index (χ3v) is 4.53. The van der Waals surface area contributed by atoms with Gasteiger partial charge in [0.05, 0.1) is 21.7 Å². The molecular weight excluding hydrogens is 299 g/mol. The quantitative estimate of drug-likeness (QED) is 0.932. The summed E-state index contributed by atoms with van der Waals surface area (Å²) in [5, 5.41) is 0.678. The average molecular weight is 317 g/mol. The van der Waals surface area contributed by atoms with Crippen LogP contribution < -0.4 is 5.73 Å². The van der Waals surface area contributed by atoms with E-state index in [4.69, 9.17) is 33.7 Å². The molecule has 0 spiro atoms. The summed E-state index contributed by atoms with van der Waals surface area (Å²) in [6.07, 6.45) is 1.70. The van der Waals surface area contributed by atoms with Crippen molar-refractivity contribution in [2.24, 2.45) is 5.73 Å². The highest BCUT2D eigenvalue weighted by atomic mass is 35.5. The smallest absolute Gasteiger partial charge is 0.255 e. The topological polar surface area (TPSA) is 55.6 Å². The Kier molecular flexibility index (Phi) is 5.27. The molecule has 1 amide bonds. The van der Waals surface area contributed by atoms with Crippen LogP contribution in [0.5, 0.6) is 0 Å². The summed E-state index contributed by atoms with van der Waals surface area (Å²) in [5.74, 6) is -0.123. The fraction of sp³-hybridized carbons (Fsp3) is 0.500. The molecule has 2 rings (SSSR count). The second-order valence-corrected chi connectivity index (χ2v) is 5.66. The fourth-order valence-corrected chi connectivity index (χ4v) is 2.92. The second-order valence-electron chi connectivity index (χ2n) is 4.87. The van der Waals surface area contributed by atoms with E-state index in [9.17, 15) is 4.79 Å². The van der Waals surface area contributed by atoms with Crippen molar-refractivity contribution in [1.82, 2.24) is 4.90 Å². The highest BCUT2D eigenvalue weighted by Gasteiger charge is 2.32. The van der Waals surface area contributed by atoms with Crippen LogP contribution in [0.1, 0.15) is 23.2 Å². The average Bonchev–Trinajstić information content (AvgIpc) is 2.48. The number of rotatable bonds is 3. The third kappa shape index (κ3) is 3.09. The van der Waals surface area contributed by atoms with Gasteiger partial charge in [0.1, 0.15) is 0 Å². The Labute approximate surface area is 128 Å². The zero-order valence-electron chi connectivity index (χ0n) is 11.3. The number of likely N-dealkylation sites (tertiary alicyclic amines) is 1. The van der Waals surface area contributed by atoms with Crippen LogP contribution in [0.3, 0.4) is 0 Å². The monoisotopic (exact) mass is 316 g/mol. The number of hydrogen-bond donors (Lipinski definition) is 1. The molecule has 0 radical (unpaired) electrons. The molecule has 0 bridgehead atoms. The Balaban J connectivity index is 2.22. The molecule has 1 saturated heterocycles. The molecular formula is C14H18Cl2N2O2. The first-order valence-electron chi connectivity index (χ1n) is 6.56. The number of piperidine rings is 1. The second kappa shape index (κ2) is 6.76. The summed E-state index contributed by atoms with van der Waals surface area (Å²) < 4.78 is 5.36. The van der Waals surface area contributed by atoms with E-state index in [1.807, 2.05) is 0 Å². The Morgan fingerprint density at radius 2 is 2.25 bits per heavy atom. The van der Waals surface area contributed by atoms with Gasteiger partial charge in [0.25, 0.3) is 5.91 Å². The Bertz CT molecular complexity index is 496. The molecule has 1 aromatic rings. The molecule has 1 fully saturated rings. The fourth-order valence-electron chi connectivity index (χ4n) is 2.54. The van der Waals surface area contributed by atoms with Gasteiger partial charge in [-0.3, -0.25) is 4.79 Å². The zero-order chi connectivity index (χ0) is 14.7. The highest BCUT2D eigenvalue weighted by molar-refractivity contribution is 6.43. The van der Waals surface area contributed by atoms with Crippen LogP contribution in [0.15, 0.2) is 18.2 Å². The molecule has 2 atom stereocenters. The predicted octanol–water partition coefficient (Wildman–Crippen LogP) is 2.57. The van der Waals surface area contributed by atoms with E-state index in [1.54, 1.807) is 30.2 Å². The highest BCUT2D eigenvalue weighted by Crippen LogP contribution is 2.28. The number of nitrogens with zero attached hydrogens (tertiary/aromatic N) is 1. The van der Waals surface area contributed by atoms with Crippen LogP contribution >= 0.6 is 23.2 Å². The van der Waals surface area contributed by atoms with Crippen molar-refractivity contribution < 1.29 is 9.53 Å². The normalized spacial score (nSPS) is 22.9. The number of nitrogens with two attached hydrogens (primary N) is 1. The van der Waals surface area contributed by atoms with Gasteiger partial charge in [-0.2, -0.15) is 0 Å². The van der Waals surface area contributed by atoms with Crippen molar-refractivity contribution >= 4 is 29.1 Å². The summed E-state index contributed by atoms with van der Waals surface area (Å²) >= 11 is 12.1. The van der Waals surface area contributed by atoms with Gasteiger partial charge in [-0.25, -0.2) is 0 Å². The van der Waals surface area contributed by atoms with Gasteiger partial charge < -0.3 is 15.4 Å². The molecule has 2 unspecified atom stereocenters. The van der Waals surface area contributed by atoms with Gasteiger partial charge in [-0.1, -0.05) is 29.3 Å². The van der Waals surface area contributed by atoms with E-state index in [-0.39, 0.29) is 18.1 Å². The van der Waals surface area contributed by atoms with Gasteiger partial charge in [0.2, 0.25) is 0 Å². The number of carbonyl (C=O) groups is 1. The lowest BCUT2D eigenvalue weighted by atomic mass is 9.98. The summed E-state index contributed by atoms with van der Waals surface area (Å²) in [4.78, 5) is 14.4. The van der Waals surface area contributed by atoms with E-state index in [0.29, 0.717) is 28.7 Å². The van der Waals surface area contributed by atoms with Crippen LogP contribution in [0, 0.1) is 0 Å². The number of methoxy groups -OCH3 is 1. The van der Waals surface area contributed by atoms with Crippen molar-refractivity contribution in [3.05, 3.63) is 33.8 Å². The first-order valence-corrected chi connectivity index (χ1v) is 7.32. The van der Waals surface area contributed by atoms with E-state index in [0.717, 1.165) is 12.8 Å². The number of amides is 1. The molecule has 110 valence electrons. The van der Waals surface area contributed by atoms with E-state index >= 15 is 0 Å². The summed E-state index contributed by atoms with van der Waals surface area (Å²) in [6, 6.07) is 5.04. The standard InChI is InChI=1S/C14H18Cl2N2O2/c1-20-10-5-6-18(9(7-10)8-17)14(19)11-3-2-4-12(15)13(11)16/h2-4,9-10H,5-8,17H2,1H3. The van der Waals surface area contributed by atoms with Crippen LogP contribution in [0.25, 0.3) is 0 Å². The van der Waals surface area contributed by atoms with Gasteiger partial charge in [-0.15, -0.1) is 0 Å². The minimum Gasteiger partial charge on any atom is -0.381 e. The first-order chi connectivity index (χ1) is 9.58. The lowest BCUT2D eigenvalue weighted by Crippen LogP contribution is -2.51. The van der Waals surface area contributed by atoms with Gasteiger partial charge >= 0.3 is 0 Å². The van der Waals surface area contributed by atoms with Gasteiger partial charge in [0.15, 0.2) is 0 Å². The largest absolute Gasteiger partial charge is 0.381 e. The molecule has 20 heavy (non-hydrogen) atoms. The lowest BCUT2D eigenvalue weighted by molar-refractivity contribution is 0.0139. The molecule has 2 N–H and O–H groups in total. The van der Waals surface area contributed by atoms with Gasteiger partial charge in [-0.05, 0) is 25.0 Å². The maximum atomic E-state index is 12.6. The number of carbonyl (C=O) groups excluding carboxylic acids is 1. The molecule has 1 aliphatic rings. The molecule has 1 heterocycles. The van der Waals surface area contributed by atoms with Crippen molar-refractivity contribution in [1.29, 1.82) is 0 Å². The Morgan fingerprint density at radius 1 is 1.50 bits per heavy atom. The van der Waals surface area contributed by atoms with E-state index in [2.05, 4.69) is 0 Å². The molecule has 6 heteroatoms. The maximum absolute atomic E-state index is 12.6. The van der Waals surface area contributed by atoms with Crippen molar-refractivity contribution in [3.8, 4) is 0 Å². The van der Waals surface area contributed by atoms with Crippen molar-refractivity contribution in [2.45, 2.75) is 25.0 Å². The first kappa shape index (κ1) is 15.6. The predicted molar refractivity (Wildman–Crippen MR) is 80.4 cm³/mol. The minimum absolute atomic E-state index is 0.0313. The number of halogens is 2. The maximum Gasteiger partial charge on any atom is 0.255 e. The van der Waals surface area contributed by atoms with Crippen molar-refractivity contribution in [2.75, 3.05) is 20.2 Å². The molecule has 0 aromatic heterocycles. The number of hydrogen-bond acceptors (Lipinski definition) is 3. The van der Waals surface area contributed by atoms with Crippen LogP contribution in [-0.4, -0.2) is 43.2 Å². The van der Waals surface area contributed by atoms with Crippen LogP contribution in [0.4, 0.5) is 0 Å². The summed E-state index contributed by atoms with van der Waals surface area (Å²) in [5.41, 5.74) is 6.21. The molecule has 0 aliphatic carbocycles. The third-order valence-electron chi connectivity index (χ3n) is 3.72. The van der Waals surface area contributed by atoms with Crippen LogP contribution in [-0.2, 0) is 4.74 Å². The van der Waals surface area contributed by atoms with E-state index < -0.39 is 0 Å². The number of benzene rings is 1. The van der Waals surface area contributed by atoms with Crippen LogP contribution in [0.2, 0.25) is 10.0 Å². The molecule has 4 nitrogen and oxygen atoms in total. The molecule has 0 saturated carbocycles. The molecule has 1 aromatic carbocycles. The van der Waals surface area contributed by atoms with Gasteiger partial charge in [0, 0.05) is 26.2 Å². The summed E-state index contributed by atoms with van der Waals surface area (Å²) in [6.45, 7) is 1.02. The Morgan fingerprint density at radius 3 is 2.90 bits per heavy atom. The molecule has 1 aliphatic heterocycles. The Hall–Kier alpha value is -0.810.